The maximum absolute atomic E-state index is 12.0. The molecule has 0 saturated heterocycles. The van der Waals surface area contributed by atoms with Crippen molar-refractivity contribution >= 4 is 28.7 Å². The zero-order valence-corrected chi connectivity index (χ0v) is 15.9. The number of fused-ring (bicyclic) bond motifs is 1. The largest absolute Gasteiger partial charge is 0.465 e. The first-order valence-corrected chi connectivity index (χ1v) is 8.93. The van der Waals surface area contributed by atoms with Gasteiger partial charge in [0.1, 0.15) is 17.6 Å². The predicted molar refractivity (Wildman–Crippen MR) is 110 cm³/mol. The molecule has 0 atom stereocenters. The van der Waals surface area contributed by atoms with Gasteiger partial charge < -0.3 is 13.7 Å². The lowest BCUT2D eigenvalue weighted by molar-refractivity contribution is 0.0601. The number of imidazole rings is 1. The molecule has 2 aromatic heterocycles. The van der Waals surface area contributed by atoms with Crippen LogP contribution in [0, 0.1) is 11.3 Å². The number of carbonyl (C=O) groups excluding carboxylic acids is 1. The molecule has 142 valence electrons. The van der Waals surface area contributed by atoms with E-state index in [2.05, 4.69) is 11.1 Å². The molecule has 2 heterocycles. The van der Waals surface area contributed by atoms with Crippen LogP contribution in [-0.2, 0) is 11.8 Å². The standard InChI is InChI=1S/C23H17N3O3/c1-26-20-10-6-5-9-19(20)25-22(26)15(14-24)13-16-11-12-21(29-16)17-7-3-4-8-18(17)23(27)28-2/h3-13H,1-2H3. The fourth-order valence-corrected chi connectivity index (χ4v) is 3.24. The number of ether oxygens (including phenoxy) is 1. The summed E-state index contributed by atoms with van der Waals surface area (Å²) in [5.74, 6) is 1.12. The number of carbonyl (C=O) groups is 1. The normalized spacial score (nSPS) is 11.4. The van der Waals surface area contributed by atoms with Gasteiger partial charge in [-0.05, 0) is 30.3 Å². The van der Waals surface area contributed by atoms with Crippen LogP contribution in [0.5, 0.6) is 0 Å². The number of furan rings is 1. The Labute approximate surface area is 167 Å². The Kier molecular flexibility index (Phi) is 4.71. The maximum atomic E-state index is 12.0. The molecule has 0 aliphatic carbocycles. The van der Waals surface area contributed by atoms with E-state index >= 15 is 0 Å². The smallest absolute Gasteiger partial charge is 0.338 e. The van der Waals surface area contributed by atoms with Crippen LogP contribution in [-0.4, -0.2) is 22.6 Å². The fourth-order valence-electron chi connectivity index (χ4n) is 3.24. The predicted octanol–water partition coefficient (Wildman–Crippen LogP) is 4.68. The van der Waals surface area contributed by atoms with Crippen LogP contribution in [0.1, 0.15) is 21.9 Å². The van der Waals surface area contributed by atoms with Crippen molar-refractivity contribution < 1.29 is 13.9 Å². The number of nitriles is 1. The SMILES string of the molecule is COC(=O)c1ccccc1-c1ccc(C=C(C#N)c2nc3ccccc3n2C)o1. The quantitative estimate of drug-likeness (QED) is 0.377. The number of para-hydroxylation sites is 2. The summed E-state index contributed by atoms with van der Waals surface area (Å²) in [6.07, 6.45) is 1.64. The van der Waals surface area contributed by atoms with Crippen molar-refractivity contribution in [2.24, 2.45) is 7.05 Å². The zero-order chi connectivity index (χ0) is 20.4. The second-order valence-corrected chi connectivity index (χ2v) is 6.39. The molecule has 0 amide bonds. The first kappa shape index (κ1) is 18.3. The molecule has 0 saturated carbocycles. The minimum absolute atomic E-state index is 0.380. The summed E-state index contributed by atoms with van der Waals surface area (Å²) in [4.78, 5) is 16.6. The molecule has 0 N–H and O–H groups in total. The Hall–Kier alpha value is -4.11. The minimum Gasteiger partial charge on any atom is -0.465 e. The van der Waals surface area contributed by atoms with Crippen LogP contribution < -0.4 is 0 Å². The molecule has 6 nitrogen and oxygen atoms in total. The number of aromatic nitrogens is 2. The minimum atomic E-state index is -0.438. The van der Waals surface area contributed by atoms with Crippen molar-refractivity contribution in [3.05, 3.63) is 77.8 Å². The molecule has 29 heavy (non-hydrogen) atoms. The van der Waals surface area contributed by atoms with E-state index in [0.29, 0.717) is 34.0 Å². The van der Waals surface area contributed by atoms with Crippen LogP contribution in [0.25, 0.3) is 34.0 Å². The van der Waals surface area contributed by atoms with Crippen molar-refractivity contribution in [3.63, 3.8) is 0 Å². The van der Waals surface area contributed by atoms with E-state index in [9.17, 15) is 10.1 Å². The Morgan fingerprint density at radius 1 is 1.14 bits per heavy atom. The molecule has 4 rings (SSSR count). The molecule has 6 heteroatoms. The van der Waals surface area contributed by atoms with Gasteiger partial charge in [0.15, 0.2) is 5.82 Å². The summed E-state index contributed by atoms with van der Waals surface area (Å²) in [7, 11) is 3.21. The van der Waals surface area contributed by atoms with Crippen LogP contribution in [0.15, 0.2) is 65.1 Å². The molecule has 2 aromatic carbocycles. The molecule has 0 bridgehead atoms. The second kappa shape index (κ2) is 7.49. The first-order chi connectivity index (χ1) is 14.1. The Morgan fingerprint density at radius 2 is 1.90 bits per heavy atom. The second-order valence-electron chi connectivity index (χ2n) is 6.39. The van der Waals surface area contributed by atoms with Crippen LogP contribution in [0.3, 0.4) is 0 Å². The summed E-state index contributed by atoms with van der Waals surface area (Å²) in [6, 6.07) is 20.5. The third kappa shape index (κ3) is 3.30. The van der Waals surface area contributed by atoms with Crippen LogP contribution >= 0.6 is 0 Å². The highest BCUT2D eigenvalue weighted by atomic mass is 16.5. The van der Waals surface area contributed by atoms with E-state index in [0.717, 1.165) is 11.0 Å². The number of hydrogen-bond acceptors (Lipinski definition) is 5. The monoisotopic (exact) mass is 383 g/mol. The molecule has 0 aliphatic rings. The Morgan fingerprint density at radius 3 is 2.66 bits per heavy atom. The number of benzene rings is 2. The van der Waals surface area contributed by atoms with Gasteiger partial charge >= 0.3 is 5.97 Å². The number of aryl methyl sites for hydroxylation is 1. The Balaban J connectivity index is 1.75. The van der Waals surface area contributed by atoms with Gasteiger partial charge in [0.2, 0.25) is 0 Å². The van der Waals surface area contributed by atoms with E-state index in [-0.39, 0.29) is 0 Å². The highest BCUT2D eigenvalue weighted by Gasteiger charge is 2.16. The van der Waals surface area contributed by atoms with Gasteiger partial charge in [-0.3, -0.25) is 0 Å². The third-order valence-electron chi connectivity index (χ3n) is 4.66. The number of allylic oxidation sites excluding steroid dienone is 1. The van der Waals surface area contributed by atoms with Gasteiger partial charge in [-0.25, -0.2) is 9.78 Å². The number of nitrogens with zero attached hydrogens (tertiary/aromatic N) is 3. The summed E-state index contributed by atoms with van der Waals surface area (Å²) in [5.41, 5.74) is 3.18. The zero-order valence-electron chi connectivity index (χ0n) is 15.9. The third-order valence-corrected chi connectivity index (χ3v) is 4.66. The highest BCUT2D eigenvalue weighted by molar-refractivity contribution is 5.96. The molecule has 0 unspecified atom stereocenters. The molecule has 0 radical (unpaired) electrons. The lowest BCUT2D eigenvalue weighted by Gasteiger charge is -2.04. The molecule has 0 spiro atoms. The van der Waals surface area contributed by atoms with Crippen molar-refractivity contribution in [2.75, 3.05) is 7.11 Å². The van der Waals surface area contributed by atoms with Crippen molar-refractivity contribution in [1.29, 1.82) is 5.26 Å². The molecule has 4 aromatic rings. The molecule has 0 aliphatic heterocycles. The Bertz CT molecular complexity index is 1290. The summed E-state index contributed by atoms with van der Waals surface area (Å²) in [5, 5.41) is 9.69. The number of methoxy groups -OCH3 is 1. The summed E-state index contributed by atoms with van der Waals surface area (Å²) < 4.78 is 12.6. The topological polar surface area (TPSA) is 81.0 Å². The van der Waals surface area contributed by atoms with Crippen LogP contribution in [0.4, 0.5) is 0 Å². The average molecular weight is 383 g/mol. The number of hydrogen-bond donors (Lipinski definition) is 0. The van der Waals surface area contributed by atoms with E-state index in [1.165, 1.54) is 7.11 Å². The number of rotatable bonds is 4. The van der Waals surface area contributed by atoms with Gasteiger partial charge in [0, 0.05) is 18.7 Å². The summed E-state index contributed by atoms with van der Waals surface area (Å²) in [6.45, 7) is 0. The lowest BCUT2D eigenvalue weighted by Crippen LogP contribution is -2.02. The van der Waals surface area contributed by atoms with Gasteiger partial charge in [0.25, 0.3) is 0 Å². The molecule has 0 fully saturated rings. The summed E-state index contributed by atoms with van der Waals surface area (Å²) >= 11 is 0. The molecular weight excluding hydrogens is 366 g/mol. The molecular formula is C23H17N3O3. The van der Waals surface area contributed by atoms with Gasteiger partial charge in [-0.2, -0.15) is 5.26 Å². The maximum Gasteiger partial charge on any atom is 0.338 e. The van der Waals surface area contributed by atoms with Crippen molar-refractivity contribution in [2.45, 2.75) is 0 Å². The van der Waals surface area contributed by atoms with E-state index in [1.807, 2.05) is 41.9 Å². The van der Waals surface area contributed by atoms with Crippen molar-refractivity contribution in [1.82, 2.24) is 9.55 Å². The van der Waals surface area contributed by atoms with Gasteiger partial charge in [-0.1, -0.05) is 30.3 Å². The fraction of sp³-hybridized carbons (Fsp3) is 0.0870. The first-order valence-electron chi connectivity index (χ1n) is 8.93. The van der Waals surface area contributed by atoms with E-state index < -0.39 is 5.97 Å². The highest BCUT2D eigenvalue weighted by Crippen LogP contribution is 2.28. The lowest BCUT2D eigenvalue weighted by atomic mass is 10.1. The van der Waals surface area contributed by atoms with Crippen LogP contribution in [0.2, 0.25) is 0 Å². The van der Waals surface area contributed by atoms with E-state index in [4.69, 9.17) is 9.15 Å². The average Bonchev–Trinajstić information content (AvgIpc) is 3.36. The van der Waals surface area contributed by atoms with Gasteiger partial charge in [0.05, 0.1) is 29.3 Å². The van der Waals surface area contributed by atoms with Crippen molar-refractivity contribution in [3.8, 4) is 17.4 Å². The van der Waals surface area contributed by atoms with Gasteiger partial charge in [-0.15, -0.1) is 0 Å². The van der Waals surface area contributed by atoms with E-state index in [1.54, 1.807) is 36.4 Å². The number of esters is 1.